The minimum absolute atomic E-state index is 0.187. The van der Waals surface area contributed by atoms with Crippen LogP contribution >= 0.6 is 0 Å². The van der Waals surface area contributed by atoms with Crippen LogP contribution < -0.4 is 10.5 Å². The van der Waals surface area contributed by atoms with Gasteiger partial charge in [0.05, 0.1) is 11.9 Å². The van der Waals surface area contributed by atoms with Crippen molar-refractivity contribution in [3.8, 4) is 0 Å². The van der Waals surface area contributed by atoms with Gasteiger partial charge in [-0.15, -0.1) is 0 Å². The zero-order valence-electron chi connectivity index (χ0n) is 14.4. The zero-order chi connectivity index (χ0) is 17.9. The summed E-state index contributed by atoms with van der Waals surface area (Å²) in [5.41, 5.74) is 0.988. The molecule has 0 bridgehead atoms. The maximum absolute atomic E-state index is 12.7. The third-order valence-corrected chi connectivity index (χ3v) is 6.33. The van der Waals surface area contributed by atoms with Gasteiger partial charge in [-0.2, -0.15) is 4.31 Å². The minimum atomic E-state index is -3.51. The van der Waals surface area contributed by atoms with Gasteiger partial charge in [0.25, 0.3) is 5.56 Å². The molecule has 1 aliphatic heterocycles. The molecule has 1 aromatic heterocycles. The first-order valence-electron chi connectivity index (χ1n) is 8.53. The van der Waals surface area contributed by atoms with E-state index in [1.54, 1.807) is 0 Å². The summed E-state index contributed by atoms with van der Waals surface area (Å²) in [6, 6.07) is 12.8. The summed E-state index contributed by atoms with van der Waals surface area (Å²) in [4.78, 5) is 13.4. The molecule has 2 heterocycles. The highest BCUT2D eigenvalue weighted by molar-refractivity contribution is 7.89. The normalized spacial score (nSPS) is 16.8. The summed E-state index contributed by atoms with van der Waals surface area (Å²) < 4.78 is 28.3. The maximum Gasteiger partial charge on any atom is 0.254 e. The van der Waals surface area contributed by atoms with Crippen molar-refractivity contribution < 1.29 is 13.3 Å². The molecule has 0 aliphatic carbocycles. The van der Waals surface area contributed by atoms with E-state index >= 15 is 0 Å². The molecule has 1 N–H and O–H groups in total. The summed E-state index contributed by atoms with van der Waals surface area (Å²) in [6.07, 6.45) is 3.26. The second-order valence-electron chi connectivity index (χ2n) is 6.56. The van der Waals surface area contributed by atoms with Crippen LogP contribution in [0.25, 0.3) is 0 Å². The average Bonchev–Trinajstić information content (AvgIpc) is 3.13. The van der Waals surface area contributed by atoms with Crippen LogP contribution in [0.1, 0.15) is 18.4 Å². The summed E-state index contributed by atoms with van der Waals surface area (Å²) in [5, 5.41) is 0. The van der Waals surface area contributed by atoms with Gasteiger partial charge in [-0.3, -0.25) is 9.36 Å². The van der Waals surface area contributed by atoms with Crippen LogP contribution in [0.4, 0.5) is 0 Å². The fourth-order valence-electron chi connectivity index (χ4n) is 3.15. The van der Waals surface area contributed by atoms with E-state index in [1.165, 1.54) is 32.8 Å². The van der Waals surface area contributed by atoms with E-state index in [9.17, 15) is 13.2 Å². The van der Waals surface area contributed by atoms with Gasteiger partial charge in [-0.05, 0) is 18.9 Å². The second-order valence-corrected chi connectivity index (χ2v) is 8.50. The lowest BCUT2D eigenvalue weighted by Crippen LogP contribution is -3.07. The predicted octanol–water partition coefficient (Wildman–Crippen LogP) is 0.305. The molecule has 7 heteroatoms. The first kappa shape index (κ1) is 17.8. The van der Waals surface area contributed by atoms with Crippen molar-refractivity contribution in [2.75, 3.05) is 20.1 Å². The molecule has 134 valence electrons. The number of benzene rings is 1. The molecule has 1 atom stereocenters. The number of sulfonamides is 1. The molecule has 25 heavy (non-hydrogen) atoms. The maximum atomic E-state index is 12.7. The largest absolute Gasteiger partial charge is 0.316 e. The minimum Gasteiger partial charge on any atom is -0.316 e. The molecule has 3 rings (SSSR count). The van der Waals surface area contributed by atoms with Gasteiger partial charge in [0.2, 0.25) is 10.0 Å². The Kier molecular flexibility index (Phi) is 5.36. The highest BCUT2D eigenvalue weighted by atomic mass is 32.2. The number of nitrogens with one attached hydrogen (secondary N) is 1. The first-order valence-corrected chi connectivity index (χ1v) is 9.97. The molecule has 1 unspecified atom stereocenters. The van der Waals surface area contributed by atoms with Gasteiger partial charge in [0, 0.05) is 30.9 Å². The average molecular weight is 362 g/mol. The van der Waals surface area contributed by atoms with Crippen LogP contribution in [0, 0.1) is 0 Å². The van der Waals surface area contributed by atoms with Gasteiger partial charge in [0.1, 0.15) is 6.54 Å². The van der Waals surface area contributed by atoms with Crippen molar-refractivity contribution in [1.82, 2.24) is 8.87 Å². The van der Waals surface area contributed by atoms with Crippen molar-refractivity contribution in [2.45, 2.75) is 31.0 Å². The highest BCUT2D eigenvalue weighted by Crippen LogP contribution is 2.19. The Bertz CT molecular complexity index is 872. The van der Waals surface area contributed by atoms with Crippen molar-refractivity contribution >= 4 is 10.0 Å². The number of hydrogen-bond acceptors (Lipinski definition) is 3. The molecule has 0 radical (unpaired) electrons. The van der Waals surface area contributed by atoms with Crippen LogP contribution in [0.5, 0.6) is 0 Å². The van der Waals surface area contributed by atoms with Gasteiger partial charge >= 0.3 is 0 Å². The number of aromatic nitrogens is 1. The van der Waals surface area contributed by atoms with E-state index in [0.29, 0.717) is 19.8 Å². The lowest BCUT2D eigenvalue weighted by atomic mass is 10.2. The van der Waals surface area contributed by atoms with Gasteiger partial charge in [-0.1, -0.05) is 30.3 Å². The number of nitrogens with zero attached hydrogens (tertiary/aromatic N) is 2. The van der Waals surface area contributed by atoms with Gasteiger partial charge in [-0.25, -0.2) is 8.42 Å². The molecule has 6 nitrogen and oxygen atoms in total. The Labute approximate surface area is 148 Å². The topological polar surface area (TPSA) is 63.8 Å². The lowest BCUT2D eigenvalue weighted by Gasteiger charge is -2.18. The van der Waals surface area contributed by atoms with Crippen LogP contribution in [-0.2, 0) is 23.2 Å². The summed E-state index contributed by atoms with van der Waals surface area (Å²) in [5.74, 6) is 0. The molecule has 1 saturated heterocycles. The van der Waals surface area contributed by atoms with E-state index < -0.39 is 10.0 Å². The summed E-state index contributed by atoms with van der Waals surface area (Å²) in [6.45, 7) is 2.29. The van der Waals surface area contributed by atoms with E-state index in [-0.39, 0.29) is 10.5 Å². The second kappa shape index (κ2) is 7.51. The fraction of sp³-hybridized carbons (Fsp3) is 0.389. The Morgan fingerprint density at radius 2 is 1.72 bits per heavy atom. The predicted molar refractivity (Wildman–Crippen MR) is 95.7 cm³/mol. The van der Waals surface area contributed by atoms with Crippen LogP contribution in [-0.4, -0.2) is 37.4 Å². The third kappa shape index (κ3) is 4.18. The van der Waals surface area contributed by atoms with Gasteiger partial charge in [0.15, 0.2) is 6.67 Å². The Hall–Kier alpha value is -1.96. The Balaban J connectivity index is 1.79. The van der Waals surface area contributed by atoms with Crippen LogP contribution in [0.3, 0.4) is 0 Å². The van der Waals surface area contributed by atoms with Crippen molar-refractivity contribution in [3.63, 3.8) is 0 Å². The summed E-state index contributed by atoms with van der Waals surface area (Å²) in [7, 11) is -1.52. The molecule has 1 aromatic carbocycles. The number of hydrogen-bond donors (Lipinski definition) is 1. The van der Waals surface area contributed by atoms with E-state index in [2.05, 4.69) is 0 Å². The van der Waals surface area contributed by atoms with Gasteiger partial charge < -0.3 is 4.90 Å². The van der Waals surface area contributed by atoms with Crippen LogP contribution in [0.2, 0.25) is 0 Å². The smallest absolute Gasteiger partial charge is 0.254 e. The van der Waals surface area contributed by atoms with Crippen molar-refractivity contribution in [1.29, 1.82) is 0 Å². The molecule has 1 aliphatic rings. The van der Waals surface area contributed by atoms with E-state index in [4.69, 9.17) is 0 Å². The molecular weight excluding hydrogens is 338 g/mol. The van der Waals surface area contributed by atoms with E-state index in [1.807, 2.05) is 37.4 Å². The first-order chi connectivity index (χ1) is 12.0. The summed E-state index contributed by atoms with van der Waals surface area (Å²) >= 11 is 0. The molecule has 0 saturated carbocycles. The van der Waals surface area contributed by atoms with E-state index in [0.717, 1.165) is 24.3 Å². The molecule has 2 aromatic rings. The SMILES string of the molecule is C[NH+](Cc1ccccc1)Cn1cc(S(=O)(=O)N2CCCC2)ccc1=O. The number of pyridine rings is 1. The monoisotopic (exact) mass is 362 g/mol. The lowest BCUT2D eigenvalue weighted by molar-refractivity contribution is -0.917. The fourth-order valence-corrected chi connectivity index (χ4v) is 4.69. The molecule has 0 amide bonds. The number of rotatable bonds is 6. The quantitative estimate of drug-likeness (QED) is 0.804. The Morgan fingerprint density at radius 1 is 1.04 bits per heavy atom. The third-order valence-electron chi connectivity index (χ3n) is 4.45. The zero-order valence-corrected chi connectivity index (χ0v) is 15.2. The molecule has 1 fully saturated rings. The van der Waals surface area contributed by atoms with Crippen molar-refractivity contribution in [3.05, 3.63) is 64.6 Å². The van der Waals surface area contributed by atoms with Crippen molar-refractivity contribution in [2.24, 2.45) is 0 Å². The molecular formula is C18H24N3O3S+. The standard InChI is InChI=1S/C18H23N3O3S/c1-19(13-16-7-3-2-4-8-16)15-20-14-17(9-10-18(20)22)25(23,24)21-11-5-6-12-21/h2-4,7-10,14H,5-6,11-13,15H2,1H3/p+1. The Morgan fingerprint density at radius 3 is 2.40 bits per heavy atom. The van der Waals surface area contributed by atoms with Crippen LogP contribution in [0.15, 0.2) is 58.4 Å². The molecule has 0 spiro atoms. The highest BCUT2D eigenvalue weighted by Gasteiger charge is 2.27. The number of quaternary nitrogens is 1.